The Hall–Kier alpha value is -0.970. The molecule has 0 bridgehead atoms. The van der Waals surface area contributed by atoms with E-state index in [0.29, 0.717) is 4.60 Å². The van der Waals surface area contributed by atoms with Crippen molar-refractivity contribution in [3.05, 3.63) is 22.7 Å². The number of nitrogens with zero attached hydrogens (tertiary/aromatic N) is 2. The van der Waals surface area contributed by atoms with Gasteiger partial charge in [0.05, 0.1) is 13.5 Å². The molecule has 0 fully saturated rings. The Kier molecular flexibility index (Phi) is 3.16. The van der Waals surface area contributed by atoms with Crippen LogP contribution in [0, 0.1) is 0 Å². The SMILES string of the molecule is COC(=O)Cc1cncnc1Br. The second-order valence-corrected chi connectivity index (χ2v) is 2.84. The van der Waals surface area contributed by atoms with Crippen molar-refractivity contribution in [2.24, 2.45) is 0 Å². The van der Waals surface area contributed by atoms with Gasteiger partial charge in [0.25, 0.3) is 0 Å². The fraction of sp³-hybridized carbons (Fsp3) is 0.286. The Bertz CT molecular complexity index is 290. The first-order valence-corrected chi connectivity index (χ1v) is 4.04. The number of rotatable bonds is 2. The van der Waals surface area contributed by atoms with Crippen LogP contribution in [0.25, 0.3) is 0 Å². The van der Waals surface area contributed by atoms with Crippen molar-refractivity contribution in [3.8, 4) is 0 Å². The molecule has 4 nitrogen and oxygen atoms in total. The van der Waals surface area contributed by atoms with E-state index < -0.39 is 0 Å². The number of carbonyl (C=O) groups is 1. The molecule has 1 rings (SSSR count). The van der Waals surface area contributed by atoms with Crippen LogP contribution in [0.5, 0.6) is 0 Å². The summed E-state index contributed by atoms with van der Waals surface area (Å²) in [5.74, 6) is -0.300. The smallest absolute Gasteiger partial charge is 0.310 e. The molecule has 0 radical (unpaired) electrons. The zero-order chi connectivity index (χ0) is 8.97. The van der Waals surface area contributed by atoms with Crippen molar-refractivity contribution in [1.29, 1.82) is 0 Å². The second kappa shape index (κ2) is 4.15. The minimum atomic E-state index is -0.300. The molecule has 12 heavy (non-hydrogen) atoms. The largest absolute Gasteiger partial charge is 0.469 e. The highest BCUT2D eigenvalue weighted by molar-refractivity contribution is 9.10. The Balaban J connectivity index is 2.75. The summed E-state index contributed by atoms with van der Waals surface area (Å²) in [5, 5.41) is 0. The summed E-state index contributed by atoms with van der Waals surface area (Å²) in [7, 11) is 1.35. The highest BCUT2D eigenvalue weighted by Gasteiger charge is 2.06. The van der Waals surface area contributed by atoms with Gasteiger partial charge in [-0.1, -0.05) is 0 Å². The molecule has 0 saturated carbocycles. The minimum Gasteiger partial charge on any atom is -0.469 e. The van der Waals surface area contributed by atoms with Crippen LogP contribution in [0.4, 0.5) is 0 Å². The van der Waals surface area contributed by atoms with Gasteiger partial charge in [0.1, 0.15) is 10.9 Å². The van der Waals surface area contributed by atoms with E-state index in [0.717, 1.165) is 5.56 Å². The van der Waals surface area contributed by atoms with Crippen LogP contribution in [0.2, 0.25) is 0 Å². The summed E-state index contributed by atoms with van der Waals surface area (Å²) >= 11 is 3.20. The lowest BCUT2D eigenvalue weighted by atomic mass is 10.2. The summed E-state index contributed by atoms with van der Waals surface area (Å²) < 4.78 is 5.12. The van der Waals surface area contributed by atoms with Gasteiger partial charge < -0.3 is 4.74 Å². The molecule has 0 spiro atoms. The summed E-state index contributed by atoms with van der Waals surface area (Å²) in [4.78, 5) is 18.5. The summed E-state index contributed by atoms with van der Waals surface area (Å²) in [6, 6.07) is 0. The Morgan fingerprint density at radius 2 is 2.50 bits per heavy atom. The van der Waals surface area contributed by atoms with Gasteiger partial charge in [0.15, 0.2) is 0 Å². The van der Waals surface area contributed by atoms with Crippen LogP contribution in [-0.4, -0.2) is 23.0 Å². The topological polar surface area (TPSA) is 52.1 Å². The van der Waals surface area contributed by atoms with Crippen LogP contribution >= 0.6 is 15.9 Å². The zero-order valence-electron chi connectivity index (χ0n) is 6.45. The zero-order valence-corrected chi connectivity index (χ0v) is 8.04. The third-order valence-electron chi connectivity index (χ3n) is 1.30. The molecular weight excluding hydrogens is 224 g/mol. The molecule has 0 saturated heterocycles. The number of aromatic nitrogens is 2. The van der Waals surface area contributed by atoms with Crippen molar-refractivity contribution in [2.45, 2.75) is 6.42 Å². The van der Waals surface area contributed by atoms with Gasteiger partial charge in [-0.2, -0.15) is 0 Å². The molecule has 5 heteroatoms. The van der Waals surface area contributed by atoms with Crippen molar-refractivity contribution in [1.82, 2.24) is 9.97 Å². The quantitative estimate of drug-likeness (QED) is 0.561. The van der Waals surface area contributed by atoms with Crippen molar-refractivity contribution < 1.29 is 9.53 Å². The van der Waals surface area contributed by atoms with Gasteiger partial charge in [0.2, 0.25) is 0 Å². The predicted octanol–water partition coefficient (Wildman–Crippen LogP) is 0.955. The van der Waals surface area contributed by atoms with Crippen LogP contribution < -0.4 is 0 Å². The van der Waals surface area contributed by atoms with Crippen molar-refractivity contribution >= 4 is 21.9 Å². The summed E-state index contributed by atoms with van der Waals surface area (Å²) in [6.45, 7) is 0. The van der Waals surface area contributed by atoms with Gasteiger partial charge in [-0.05, 0) is 15.9 Å². The van der Waals surface area contributed by atoms with Gasteiger partial charge in [0, 0.05) is 11.8 Å². The molecule has 0 amide bonds. The number of esters is 1. The number of halogens is 1. The van der Waals surface area contributed by atoms with E-state index in [9.17, 15) is 4.79 Å². The van der Waals surface area contributed by atoms with Crippen molar-refractivity contribution in [2.75, 3.05) is 7.11 Å². The molecule has 1 heterocycles. The van der Waals surface area contributed by atoms with Crippen LogP contribution in [0.1, 0.15) is 5.56 Å². The molecule has 0 aromatic carbocycles. The minimum absolute atomic E-state index is 0.192. The van der Waals surface area contributed by atoms with E-state index in [4.69, 9.17) is 0 Å². The maximum absolute atomic E-state index is 10.8. The maximum atomic E-state index is 10.8. The lowest BCUT2D eigenvalue weighted by molar-refractivity contribution is -0.139. The fourth-order valence-corrected chi connectivity index (χ4v) is 1.02. The number of hydrogen-bond donors (Lipinski definition) is 0. The van der Waals surface area contributed by atoms with Crippen LogP contribution in [0.3, 0.4) is 0 Å². The Morgan fingerprint density at radius 1 is 1.75 bits per heavy atom. The normalized spacial score (nSPS) is 9.50. The van der Waals surface area contributed by atoms with Crippen molar-refractivity contribution in [3.63, 3.8) is 0 Å². The van der Waals surface area contributed by atoms with E-state index in [1.54, 1.807) is 6.20 Å². The molecule has 0 aliphatic rings. The lowest BCUT2D eigenvalue weighted by Crippen LogP contribution is -2.05. The van der Waals surface area contributed by atoms with E-state index in [1.165, 1.54) is 13.4 Å². The first-order valence-electron chi connectivity index (χ1n) is 3.25. The number of carbonyl (C=O) groups excluding carboxylic acids is 1. The lowest BCUT2D eigenvalue weighted by Gasteiger charge is -1.99. The predicted molar refractivity (Wildman–Crippen MR) is 45.5 cm³/mol. The van der Waals surface area contributed by atoms with Crippen LogP contribution in [-0.2, 0) is 16.0 Å². The number of ether oxygens (including phenoxy) is 1. The molecule has 0 aliphatic heterocycles. The average molecular weight is 231 g/mol. The van der Waals surface area contributed by atoms with Gasteiger partial charge in [-0.15, -0.1) is 0 Å². The first kappa shape index (κ1) is 9.12. The molecule has 0 atom stereocenters. The third-order valence-corrected chi connectivity index (χ3v) is 2.01. The van der Waals surface area contributed by atoms with E-state index in [-0.39, 0.29) is 12.4 Å². The standard InChI is InChI=1S/C7H7BrN2O2/c1-12-6(11)2-5-3-9-4-10-7(5)8/h3-4H,2H2,1H3. The molecular formula is C7H7BrN2O2. The van der Waals surface area contributed by atoms with Gasteiger partial charge in [-0.3, -0.25) is 4.79 Å². The molecule has 0 unspecified atom stereocenters. The fourth-order valence-electron chi connectivity index (χ4n) is 0.690. The Morgan fingerprint density at radius 3 is 3.08 bits per heavy atom. The van der Waals surface area contributed by atoms with E-state index in [1.807, 2.05) is 0 Å². The monoisotopic (exact) mass is 230 g/mol. The molecule has 1 aromatic heterocycles. The summed E-state index contributed by atoms with van der Waals surface area (Å²) in [6.07, 6.45) is 3.18. The number of methoxy groups -OCH3 is 1. The van der Waals surface area contributed by atoms with E-state index >= 15 is 0 Å². The van der Waals surface area contributed by atoms with E-state index in [2.05, 4.69) is 30.6 Å². The molecule has 64 valence electrons. The summed E-state index contributed by atoms with van der Waals surface area (Å²) in [5.41, 5.74) is 0.726. The van der Waals surface area contributed by atoms with Gasteiger partial charge in [-0.25, -0.2) is 9.97 Å². The van der Waals surface area contributed by atoms with Crippen LogP contribution in [0.15, 0.2) is 17.1 Å². The molecule has 1 aromatic rings. The number of hydrogen-bond acceptors (Lipinski definition) is 4. The van der Waals surface area contributed by atoms with Gasteiger partial charge >= 0.3 is 5.97 Å². The Labute approximate surface area is 78.1 Å². The molecule has 0 N–H and O–H groups in total. The second-order valence-electron chi connectivity index (χ2n) is 2.09. The maximum Gasteiger partial charge on any atom is 0.310 e. The highest BCUT2D eigenvalue weighted by Crippen LogP contribution is 2.11. The average Bonchev–Trinajstić information content (AvgIpc) is 2.09. The third kappa shape index (κ3) is 2.27. The highest BCUT2D eigenvalue weighted by atomic mass is 79.9. The molecule has 0 aliphatic carbocycles. The first-order chi connectivity index (χ1) is 5.74.